The number of hydrogen-bond donors (Lipinski definition) is 1. The zero-order valence-corrected chi connectivity index (χ0v) is 15.5. The van der Waals surface area contributed by atoms with Crippen molar-refractivity contribution >= 4 is 17.7 Å². The van der Waals surface area contributed by atoms with E-state index in [2.05, 4.69) is 17.4 Å². The van der Waals surface area contributed by atoms with Gasteiger partial charge in [0.15, 0.2) is 11.5 Å². The number of hydrogen-bond acceptors (Lipinski definition) is 4. The molecule has 0 saturated carbocycles. The van der Waals surface area contributed by atoms with E-state index < -0.39 is 0 Å². The number of likely N-dealkylation sites (tertiary alicyclic amines) is 1. The lowest BCUT2D eigenvalue weighted by Gasteiger charge is -2.23. The third kappa shape index (κ3) is 3.77. The Morgan fingerprint density at radius 3 is 2.89 bits per heavy atom. The first-order valence-electron chi connectivity index (χ1n) is 9.44. The summed E-state index contributed by atoms with van der Waals surface area (Å²) in [5, 5.41) is 3.50. The number of rotatable bonds is 5. The fourth-order valence-corrected chi connectivity index (χ4v) is 3.61. The van der Waals surface area contributed by atoms with E-state index in [0.29, 0.717) is 18.7 Å². The lowest BCUT2D eigenvalue weighted by molar-refractivity contribution is -0.126. The summed E-state index contributed by atoms with van der Waals surface area (Å²) in [6.07, 6.45) is 2.88. The molecule has 0 radical (unpaired) electrons. The van der Waals surface area contributed by atoms with E-state index in [9.17, 15) is 4.79 Å². The van der Waals surface area contributed by atoms with Crippen LogP contribution in [-0.2, 0) is 4.79 Å². The minimum absolute atomic E-state index is 0.0554. The zero-order chi connectivity index (χ0) is 18.6. The smallest absolute Gasteiger partial charge is 0.253 e. The van der Waals surface area contributed by atoms with Gasteiger partial charge in [-0.1, -0.05) is 30.3 Å². The fourth-order valence-electron chi connectivity index (χ4n) is 3.61. The van der Waals surface area contributed by atoms with Crippen molar-refractivity contribution in [3.8, 4) is 11.5 Å². The Kier molecular flexibility index (Phi) is 5.01. The number of benzene rings is 2. The van der Waals surface area contributed by atoms with Crippen LogP contribution < -0.4 is 14.8 Å². The maximum absolute atomic E-state index is 12.9. The first kappa shape index (κ1) is 17.5. The van der Waals surface area contributed by atoms with Gasteiger partial charge in [0.05, 0.1) is 12.2 Å². The predicted molar refractivity (Wildman–Crippen MR) is 106 cm³/mol. The molecule has 5 nitrogen and oxygen atoms in total. The minimum Gasteiger partial charge on any atom is -0.490 e. The molecule has 2 aliphatic heterocycles. The Hall–Kier alpha value is -2.95. The van der Waals surface area contributed by atoms with Gasteiger partial charge in [-0.3, -0.25) is 4.79 Å². The molecule has 1 atom stereocenters. The number of para-hydroxylation sites is 2. The predicted octanol–water partition coefficient (Wildman–Crippen LogP) is 3.57. The van der Waals surface area contributed by atoms with Crippen LogP contribution in [0.2, 0.25) is 0 Å². The van der Waals surface area contributed by atoms with Crippen molar-refractivity contribution in [3.63, 3.8) is 0 Å². The van der Waals surface area contributed by atoms with Crippen molar-refractivity contribution in [1.82, 2.24) is 4.90 Å². The number of carbonyl (C=O) groups is 1. The topological polar surface area (TPSA) is 50.8 Å². The first-order valence-corrected chi connectivity index (χ1v) is 9.44. The van der Waals surface area contributed by atoms with Crippen molar-refractivity contribution in [1.29, 1.82) is 0 Å². The average Bonchev–Trinajstić information content (AvgIpc) is 3.17. The monoisotopic (exact) mass is 364 g/mol. The second-order valence-corrected chi connectivity index (χ2v) is 6.81. The summed E-state index contributed by atoms with van der Waals surface area (Å²) in [5.41, 5.74) is 2.68. The molecule has 0 aromatic heterocycles. The molecule has 0 bridgehead atoms. The molecule has 1 unspecified atom stereocenters. The summed E-state index contributed by atoms with van der Waals surface area (Å²) in [5.74, 6) is 1.51. The van der Waals surface area contributed by atoms with Gasteiger partial charge in [0.2, 0.25) is 0 Å². The highest BCUT2D eigenvalue weighted by Crippen LogP contribution is 2.36. The second-order valence-electron chi connectivity index (χ2n) is 6.81. The molecule has 2 heterocycles. The summed E-state index contributed by atoms with van der Waals surface area (Å²) in [4.78, 5) is 14.8. The van der Waals surface area contributed by atoms with Crippen molar-refractivity contribution < 1.29 is 14.3 Å². The lowest BCUT2D eigenvalue weighted by atomic mass is 10.1. The normalized spacial score (nSPS) is 18.3. The zero-order valence-electron chi connectivity index (χ0n) is 15.5. The molecule has 4 rings (SSSR count). The van der Waals surface area contributed by atoms with Crippen molar-refractivity contribution in [2.45, 2.75) is 19.4 Å². The molecule has 27 heavy (non-hydrogen) atoms. The molecule has 2 aliphatic rings. The standard InChI is InChI=1S/C22H24N2O3/c1-2-26-20-10-6-7-16-13-17(15-27-21(16)20)22(25)24-12-11-19(14-24)23-18-8-4-3-5-9-18/h3-10,13,19,23H,2,11-12,14-15H2,1H3. The average molecular weight is 364 g/mol. The van der Waals surface area contributed by atoms with Crippen molar-refractivity contribution in [3.05, 3.63) is 59.7 Å². The molecular formula is C22H24N2O3. The highest BCUT2D eigenvalue weighted by atomic mass is 16.5. The van der Waals surface area contributed by atoms with Gasteiger partial charge < -0.3 is 19.7 Å². The third-order valence-electron chi connectivity index (χ3n) is 4.91. The van der Waals surface area contributed by atoms with Crippen LogP contribution in [-0.4, -0.2) is 43.2 Å². The summed E-state index contributed by atoms with van der Waals surface area (Å²) in [6.45, 7) is 4.27. The second kappa shape index (κ2) is 7.74. The number of carbonyl (C=O) groups excluding carboxylic acids is 1. The maximum Gasteiger partial charge on any atom is 0.253 e. The molecule has 2 aromatic carbocycles. The highest BCUT2D eigenvalue weighted by Gasteiger charge is 2.30. The number of nitrogens with zero attached hydrogens (tertiary/aromatic N) is 1. The van der Waals surface area contributed by atoms with E-state index in [-0.39, 0.29) is 18.6 Å². The molecule has 2 aromatic rings. The van der Waals surface area contributed by atoms with Gasteiger partial charge in [0.25, 0.3) is 5.91 Å². The minimum atomic E-state index is 0.0554. The maximum atomic E-state index is 12.9. The van der Waals surface area contributed by atoms with E-state index in [1.54, 1.807) is 0 Å². The molecule has 0 aliphatic carbocycles. The molecule has 1 amide bonds. The van der Waals surface area contributed by atoms with Crippen LogP contribution in [0, 0.1) is 0 Å². The summed E-state index contributed by atoms with van der Waals surface area (Å²) in [7, 11) is 0. The van der Waals surface area contributed by atoms with Gasteiger partial charge in [-0.15, -0.1) is 0 Å². The molecule has 1 saturated heterocycles. The quantitative estimate of drug-likeness (QED) is 0.881. The summed E-state index contributed by atoms with van der Waals surface area (Å²) in [6, 6.07) is 16.2. The van der Waals surface area contributed by atoms with E-state index >= 15 is 0 Å². The Balaban J connectivity index is 1.44. The number of amides is 1. The van der Waals surface area contributed by atoms with Gasteiger partial charge in [0, 0.05) is 30.4 Å². The number of ether oxygens (including phenoxy) is 2. The molecule has 5 heteroatoms. The van der Waals surface area contributed by atoms with Crippen LogP contribution >= 0.6 is 0 Å². The Morgan fingerprint density at radius 2 is 2.07 bits per heavy atom. The van der Waals surface area contributed by atoms with Crippen LogP contribution in [0.4, 0.5) is 5.69 Å². The number of fused-ring (bicyclic) bond motifs is 1. The fraction of sp³-hybridized carbons (Fsp3) is 0.318. The van der Waals surface area contributed by atoms with Gasteiger partial charge in [-0.05, 0) is 37.6 Å². The van der Waals surface area contributed by atoms with E-state index in [0.717, 1.165) is 35.7 Å². The van der Waals surface area contributed by atoms with Crippen LogP contribution in [0.1, 0.15) is 18.9 Å². The van der Waals surface area contributed by atoms with E-state index in [1.165, 1.54) is 0 Å². The molecule has 0 spiro atoms. The summed E-state index contributed by atoms with van der Waals surface area (Å²) < 4.78 is 11.5. The van der Waals surface area contributed by atoms with E-state index in [4.69, 9.17) is 9.47 Å². The Morgan fingerprint density at radius 1 is 1.22 bits per heavy atom. The molecule has 1 fully saturated rings. The SMILES string of the molecule is CCOc1cccc2c1OCC(C(=O)N1CCC(Nc3ccccc3)C1)=C2. The van der Waals surface area contributed by atoms with Crippen molar-refractivity contribution in [2.24, 2.45) is 0 Å². The lowest BCUT2D eigenvalue weighted by Crippen LogP contribution is -2.34. The first-order chi connectivity index (χ1) is 13.2. The number of nitrogens with one attached hydrogen (secondary N) is 1. The number of anilines is 1. The largest absolute Gasteiger partial charge is 0.490 e. The summed E-state index contributed by atoms with van der Waals surface area (Å²) >= 11 is 0. The Labute approximate surface area is 159 Å². The Bertz CT molecular complexity index is 848. The third-order valence-corrected chi connectivity index (χ3v) is 4.91. The molecular weight excluding hydrogens is 340 g/mol. The van der Waals surface area contributed by atoms with Crippen LogP contribution in [0.5, 0.6) is 11.5 Å². The van der Waals surface area contributed by atoms with E-state index in [1.807, 2.05) is 54.3 Å². The van der Waals surface area contributed by atoms with Gasteiger partial charge in [-0.2, -0.15) is 0 Å². The van der Waals surface area contributed by atoms with Gasteiger partial charge >= 0.3 is 0 Å². The van der Waals surface area contributed by atoms with Gasteiger partial charge in [0.1, 0.15) is 6.61 Å². The van der Waals surface area contributed by atoms with Crippen LogP contribution in [0.3, 0.4) is 0 Å². The molecule has 1 N–H and O–H groups in total. The van der Waals surface area contributed by atoms with Gasteiger partial charge in [-0.25, -0.2) is 0 Å². The highest BCUT2D eigenvalue weighted by molar-refractivity contribution is 5.99. The molecule has 140 valence electrons. The van der Waals surface area contributed by atoms with Crippen LogP contribution in [0.25, 0.3) is 6.08 Å². The van der Waals surface area contributed by atoms with Crippen LogP contribution in [0.15, 0.2) is 54.1 Å². The van der Waals surface area contributed by atoms with Crippen molar-refractivity contribution in [2.75, 3.05) is 31.6 Å².